The van der Waals surface area contributed by atoms with Gasteiger partial charge in [-0.3, -0.25) is 9.59 Å². The van der Waals surface area contributed by atoms with Crippen molar-refractivity contribution in [2.75, 3.05) is 0 Å². The van der Waals surface area contributed by atoms with Gasteiger partial charge in [-0.15, -0.1) is 0 Å². The van der Waals surface area contributed by atoms with E-state index in [0.717, 1.165) is 0 Å². The molecule has 1 aliphatic heterocycles. The highest BCUT2D eigenvalue weighted by molar-refractivity contribution is 5.84. The lowest BCUT2D eigenvalue weighted by Crippen LogP contribution is -2.51. The van der Waals surface area contributed by atoms with E-state index >= 15 is 0 Å². The van der Waals surface area contributed by atoms with Gasteiger partial charge >= 0.3 is 17.9 Å². The van der Waals surface area contributed by atoms with E-state index in [1.165, 1.54) is 13.8 Å². The van der Waals surface area contributed by atoms with Gasteiger partial charge in [0.05, 0.1) is 11.8 Å². The number of rotatable bonds is 4. The average molecular weight is 354 g/mol. The van der Waals surface area contributed by atoms with Gasteiger partial charge in [-0.05, 0) is 39.0 Å². The van der Waals surface area contributed by atoms with Crippen LogP contribution in [0.2, 0.25) is 0 Å². The molecule has 2 rings (SSSR count). The molecular formula is C19H30O6. The number of fused-ring (bicyclic) bond motifs is 2. The van der Waals surface area contributed by atoms with Crippen LogP contribution in [-0.2, 0) is 28.6 Å². The van der Waals surface area contributed by atoms with Crippen LogP contribution in [0.5, 0.6) is 0 Å². The van der Waals surface area contributed by atoms with Crippen molar-refractivity contribution in [3.8, 4) is 0 Å². The maximum atomic E-state index is 12.7. The van der Waals surface area contributed by atoms with E-state index in [1.807, 2.05) is 20.8 Å². The maximum Gasteiger partial charge on any atom is 0.350 e. The molecule has 1 saturated heterocycles. The summed E-state index contributed by atoms with van der Waals surface area (Å²) in [6, 6.07) is 0. The average Bonchev–Trinajstić information content (AvgIpc) is 2.79. The summed E-state index contributed by atoms with van der Waals surface area (Å²) in [7, 11) is 0. The molecule has 2 aliphatic rings. The minimum Gasteiger partial charge on any atom is -0.458 e. The van der Waals surface area contributed by atoms with Crippen molar-refractivity contribution in [1.82, 2.24) is 0 Å². The summed E-state index contributed by atoms with van der Waals surface area (Å²) in [6.45, 7) is 12.4. The van der Waals surface area contributed by atoms with Crippen LogP contribution >= 0.6 is 0 Å². The number of hydrogen-bond donors (Lipinski definition) is 0. The van der Waals surface area contributed by atoms with Crippen molar-refractivity contribution in [2.24, 2.45) is 17.3 Å². The highest BCUT2D eigenvalue weighted by atomic mass is 16.6. The largest absolute Gasteiger partial charge is 0.458 e. The minimum atomic E-state index is -1.40. The summed E-state index contributed by atoms with van der Waals surface area (Å²) in [5, 5.41) is 0. The molecule has 1 aliphatic carbocycles. The zero-order valence-electron chi connectivity index (χ0n) is 16.3. The molecule has 25 heavy (non-hydrogen) atoms. The predicted octanol–water partition coefficient (Wildman–Crippen LogP) is 3.02. The van der Waals surface area contributed by atoms with Gasteiger partial charge in [0.15, 0.2) is 0 Å². The van der Waals surface area contributed by atoms with Crippen LogP contribution in [0, 0.1) is 17.3 Å². The smallest absolute Gasteiger partial charge is 0.350 e. The molecule has 2 bridgehead atoms. The molecule has 6 heteroatoms. The molecule has 142 valence electrons. The van der Waals surface area contributed by atoms with Gasteiger partial charge in [0, 0.05) is 6.42 Å². The third-order valence-electron chi connectivity index (χ3n) is 5.59. The van der Waals surface area contributed by atoms with Gasteiger partial charge in [-0.2, -0.15) is 0 Å². The van der Waals surface area contributed by atoms with Gasteiger partial charge in [0.25, 0.3) is 0 Å². The van der Waals surface area contributed by atoms with E-state index in [4.69, 9.17) is 14.2 Å². The number of ether oxygens (including phenoxy) is 3. The van der Waals surface area contributed by atoms with Crippen LogP contribution in [0.1, 0.15) is 67.7 Å². The fourth-order valence-corrected chi connectivity index (χ4v) is 3.06. The fraction of sp³-hybridized carbons (Fsp3) is 0.842. The van der Waals surface area contributed by atoms with Crippen LogP contribution in [0.4, 0.5) is 0 Å². The Morgan fingerprint density at radius 2 is 1.84 bits per heavy atom. The summed E-state index contributed by atoms with van der Waals surface area (Å²) in [5.41, 5.74) is -2.54. The lowest BCUT2D eigenvalue weighted by atomic mass is 9.79. The second-order valence-corrected chi connectivity index (χ2v) is 9.12. The third kappa shape index (κ3) is 3.98. The van der Waals surface area contributed by atoms with Crippen molar-refractivity contribution in [1.29, 1.82) is 0 Å². The predicted molar refractivity (Wildman–Crippen MR) is 90.5 cm³/mol. The van der Waals surface area contributed by atoms with Crippen molar-refractivity contribution in [3.05, 3.63) is 0 Å². The van der Waals surface area contributed by atoms with Crippen LogP contribution < -0.4 is 0 Å². The standard InChI is InChI=1S/C19H30O6/c1-11(17(2,3)4)14(20)24-18(5,6)16(22)25-19(7)9-8-12-10-13(19)23-15(12)21/h11-13H,8-10H2,1-7H3. The molecule has 2 fully saturated rings. The van der Waals surface area contributed by atoms with E-state index in [1.54, 1.807) is 13.8 Å². The number of carbonyl (C=O) groups is 3. The molecule has 0 radical (unpaired) electrons. The SMILES string of the molecule is CC(C(=O)OC(C)(C)C(=O)OC1(C)CCC2CC1OC2=O)C(C)(C)C. The van der Waals surface area contributed by atoms with Crippen LogP contribution in [0.15, 0.2) is 0 Å². The van der Waals surface area contributed by atoms with Crippen molar-refractivity contribution in [3.63, 3.8) is 0 Å². The molecule has 4 unspecified atom stereocenters. The van der Waals surface area contributed by atoms with E-state index in [9.17, 15) is 14.4 Å². The summed E-state index contributed by atoms with van der Waals surface area (Å²) < 4.78 is 16.5. The Labute approximate surface area is 149 Å². The Bertz CT molecular complexity index is 573. The Balaban J connectivity index is 2.04. The third-order valence-corrected chi connectivity index (χ3v) is 5.59. The van der Waals surface area contributed by atoms with Crippen LogP contribution in [0.3, 0.4) is 0 Å². The van der Waals surface area contributed by atoms with Crippen LogP contribution in [0.25, 0.3) is 0 Å². The second-order valence-electron chi connectivity index (χ2n) is 9.12. The molecule has 0 aromatic heterocycles. The van der Waals surface area contributed by atoms with E-state index < -0.39 is 29.2 Å². The normalized spacial score (nSPS) is 30.4. The summed E-state index contributed by atoms with van der Waals surface area (Å²) in [5.74, 6) is -1.72. The first kappa shape index (κ1) is 19.7. The Morgan fingerprint density at radius 3 is 2.40 bits per heavy atom. The summed E-state index contributed by atoms with van der Waals surface area (Å²) in [4.78, 5) is 36.7. The molecular weight excluding hydrogens is 324 g/mol. The first-order valence-corrected chi connectivity index (χ1v) is 8.93. The molecule has 0 aromatic carbocycles. The number of esters is 3. The molecule has 0 amide bonds. The van der Waals surface area contributed by atoms with E-state index in [2.05, 4.69) is 0 Å². The summed E-state index contributed by atoms with van der Waals surface area (Å²) in [6.07, 6.45) is 1.34. The molecule has 6 nitrogen and oxygen atoms in total. The highest BCUT2D eigenvalue weighted by Gasteiger charge is 2.53. The van der Waals surface area contributed by atoms with E-state index in [0.29, 0.717) is 19.3 Å². The molecule has 0 aromatic rings. The highest BCUT2D eigenvalue weighted by Crippen LogP contribution is 2.43. The topological polar surface area (TPSA) is 78.9 Å². The molecule has 1 heterocycles. The van der Waals surface area contributed by atoms with Crippen molar-refractivity contribution in [2.45, 2.75) is 85.0 Å². The first-order valence-electron chi connectivity index (χ1n) is 8.93. The molecule has 4 atom stereocenters. The number of carbonyl (C=O) groups excluding carboxylic acids is 3. The van der Waals surface area contributed by atoms with Crippen molar-refractivity contribution >= 4 is 17.9 Å². The minimum absolute atomic E-state index is 0.0877. The Morgan fingerprint density at radius 1 is 1.24 bits per heavy atom. The first-order chi connectivity index (χ1) is 11.3. The van der Waals surface area contributed by atoms with Gasteiger partial charge < -0.3 is 14.2 Å². The van der Waals surface area contributed by atoms with E-state index in [-0.39, 0.29) is 23.2 Å². The number of hydrogen-bond acceptors (Lipinski definition) is 6. The zero-order valence-corrected chi connectivity index (χ0v) is 16.3. The van der Waals surface area contributed by atoms with Crippen LogP contribution in [-0.4, -0.2) is 35.2 Å². The molecule has 0 spiro atoms. The fourth-order valence-electron chi connectivity index (χ4n) is 3.06. The Hall–Kier alpha value is -1.59. The molecule has 0 N–H and O–H groups in total. The quantitative estimate of drug-likeness (QED) is 0.570. The monoisotopic (exact) mass is 354 g/mol. The molecule has 1 saturated carbocycles. The summed E-state index contributed by atoms with van der Waals surface area (Å²) >= 11 is 0. The lowest BCUT2D eigenvalue weighted by Gasteiger charge is -2.38. The van der Waals surface area contributed by atoms with Gasteiger partial charge in [-0.1, -0.05) is 27.7 Å². The Kier molecular flexibility index (Phi) is 4.96. The second kappa shape index (κ2) is 6.29. The van der Waals surface area contributed by atoms with Gasteiger partial charge in [0.1, 0.15) is 11.7 Å². The van der Waals surface area contributed by atoms with Crippen molar-refractivity contribution < 1.29 is 28.6 Å². The van der Waals surface area contributed by atoms with Gasteiger partial charge in [0.2, 0.25) is 5.60 Å². The zero-order chi connectivity index (χ0) is 19.2. The van der Waals surface area contributed by atoms with Gasteiger partial charge in [-0.25, -0.2) is 4.79 Å². The maximum absolute atomic E-state index is 12.7. The lowest BCUT2D eigenvalue weighted by molar-refractivity contribution is -0.201.